The fourth-order valence-electron chi connectivity index (χ4n) is 5.79. The fourth-order valence-corrected chi connectivity index (χ4v) is 5.79. The van der Waals surface area contributed by atoms with Gasteiger partial charge in [-0.1, -0.05) is 6.92 Å². The molecule has 0 bridgehead atoms. The molecule has 1 saturated carbocycles. The van der Waals surface area contributed by atoms with E-state index in [2.05, 4.69) is 37.6 Å². The number of anilines is 4. The molecule has 3 aliphatic rings. The van der Waals surface area contributed by atoms with Crippen molar-refractivity contribution in [1.29, 1.82) is 0 Å². The lowest BCUT2D eigenvalue weighted by Gasteiger charge is -2.41. The second-order valence-corrected chi connectivity index (χ2v) is 10.6. The molecule has 5 N–H and O–H groups in total. The molecule has 0 atom stereocenters. The fraction of sp³-hybridized carbons (Fsp3) is 0.607. The summed E-state index contributed by atoms with van der Waals surface area (Å²) in [6.07, 6.45) is 5.96. The maximum atomic E-state index is 12.2. The molecule has 1 amide bonds. The Morgan fingerprint density at radius 1 is 1.00 bits per heavy atom. The zero-order chi connectivity index (χ0) is 26.5. The lowest BCUT2D eigenvalue weighted by Crippen LogP contribution is -2.51. The summed E-state index contributed by atoms with van der Waals surface area (Å²) in [5.41, 5.74) is 8.54. The Labute approximate surface area is 225 Å². The van der Waals surface area contributed by atoms with Gasteiger partial charge in [0.1, 0.15) is 5.82 Å². The smallest absolute Gasteiger partial charge is 0.271 e. The number of aryl methyl sites for hydroxylation is 1. The van der Waals surface area contributed by atoms with Crippen molar-refractivity contribution in [3.05, 3.63) is 35.7 Å². The normalized spacial score (nSPS) is 23.3. The van der Waals surface area contributed by atoms with E-state index >= 15 is 0 Å². The van der Waals surface area contributed by atoms with Crippen LogP contribution in [0.4, 0.5) is 23.0 Å². The first-order chi connectivity index (χ1) is 18.5. The number of rotatable bonds is 8. The molecule has 2 aliphatic heterocycles. The molecule has 38 heavy (non-hydrogen) atoms. The predicted octanol–water partition coefficient (Wildman–Crippen LogP) is 2.90. The lowest BCUT2D eigenvalue weighted by molar-refractivity contribution is 0.0321. The maximum absolute atomic E-state index is 12.2. The molecule has 206 valence electrons. The second-order valence-electron chi connectivity index (χ2n) is 10.6. The Morgan fingerprint density at radius 2 is 1.68 bits per heavy atom. The van der Waals surface area contributed by atoms with Crippen LogP contribution in [-0.2, 0) is 11.2 Å². The van der Waals surface area contributed by atoms with Crippen molar-refractivity contribution >= 4 is 28.9 Å². The maximum Gasteiger partial charge on any atom is 0.271 e. The van der Waals surface area contributed by atoms with Gasteiger partial charge >= 0.3 is 0 Å². The molecule has 0 spiro atoms. The van der Waals surface area contributed by atoms with Crippen molar-refractivity contribution < 1.29 is 14.6 Å². The van der Waals surface area contributed by atoms with Gasteiger partial charge < -0.3 is 31.1 Å². The first-order valence-corrected chi connectivity index (χ1v) is 14.1. The summed E-state index contributed by atoms with van der Waals surface area (Å²) in [4.78, 5) is 26.6. The highest BCUT2D eigenvalue weighted by molar-refractivity contribution is 5.96. The van der Waals surface area contributed by atoms with E-state index in [-0.39, 0.29) is 17.8 Å². The average molecular weight is 524 g/mol. The highest BCUT2D eigenvalue weighted by Crippen LogP contribution is 2.28. The number of hydrogen-bond acceptors (Lipinski definition) is 9. The largest absolute Gasteiger partial charge is 0.393 e. The van der Waals surface area contributed by atoms with E-state index in [0.29, 0.717) is 29.8 Å². The van der Waals surface area contributed by atoms with E-state index < -0.39 is 5.91 Å². The van der Waals surface area contributed by atoms with Gasteiger partial charge in [0, 0.05) is 62.9 Å². The Kier molecular flexibility index (Phi) is 8.61. The molecule has 5 rings (SSSR count). The van der Waals surface area contributed by atoms with Gasteiger partial charge in [0.2, 0.25) is 0 Å². The summed E-state index contributed by atoms with van der Waals surface area (Å²) < 4.78 is 5.52. The van der Waals surface area contributed by atoms with Gasteiger partial charge in [-0.25, -0.2) is 9.97 Å². The molecule has 1 aliphatic carbocycles. The Hall–Kier alpha value is -2.95. The summed E-state index contributed by atoms with van der Waals surface area (Å²) in [7, 11) is 0. The number of piperazine rings is 1. The molecule has 2 saturated heterocycles. The van der Waals surface area contributed by atoms with Gasteiger partial charge in [-0.15, -0.1) is 0 Å². The molecular formula is C28H41N7O3. The summed E-state index contributed by atoms with van der Waals surface area (Å²) in [5, 5.41) is 16.6. The van der Waals surface area contributed by atoms with Crippen LogP contribution >= 0.6 is 0 Å². The topological polar surface area (TPSA) is 129 Å². The number of carbonyl (C=O) groups is 1. The molecule has 2 aromatic rings. The quantitative estimate of drug-likeness (QED) is 0.413. The van der Waals surface area contributed by atoms with Crippen LogP contribution in [0.25, 0.3) is 0 Å². The summed E-state index contributed by atoms with van der Waals surface area (Å²) in [5.74, 6) is 0.410. The molecule has 10 heteroatoms. The first kappa shape index (κ1) is 26.6. The number of carbonyl (C=O) groups excluding carboxylic acids is 1. The summed E-state index contributed by atoms with van der Waals surface area (Å²) in [6.45, 7) is 7.90. The zero-order valence-corrected chi connectivity index (χ0v) is 22.4. The molecular weight excluding hydrogens is 482 g/mol. The van der Waals surface area contributed by atoms with Gasteiger partial charge in [-0.05, 0) is 69.2 Å². The highest BCUT2D eigenvalue weighted by Gasteiger charge is 2.26. The lowest BCUT2D eigenvalue weighted by atomic mass is 9.93. The minimum atomic E-state index is -0.610. The number of benzene rings is 1. The third kappa shape index (κ3) is 6.36. The highest BCUT2D eigenvalue weighted by atomic mass is 16.5. The van der Waals surface area contributed by atoms with Crippen molar-refractivity contribution in [3.63, 3.8) is 0 Å². The van der Waals surface area contributed by atoms with Gasteiger partial charge in [0.25, 0.3) is 5.91 Å². The van der Waals surface area contributed by atoms with E-state index in [1.165, 1.54) is 5.69 Å². The van der Waals surface area contributed by atoms with Crippen molar-refractivity contribution in [1.82, 2.24) is 14.9 Å². The van der Waals surface area contributed by atoms with Crippen LogP contribution < -0.4 is 21.3 Å². The average Bonchev–Trinajstić information content (AvgIpc) is 2.95. The van der Waals surface area contributed by atoms with E-state index in [1.54, 1.807) is 0 Å². The summed E-state index contributed by atoms with van der Waals surface area (Å²) >= 11 is 0. The minimum absolute atomic E-state index is 0.139. The Bertz CT molecular complexity index is 1070. The monoisotopic (exact) mass is 523 g/mol. The van der Waals surface area contributed by atoms with Crippen molar-refractivity contribution in [2.24, 2.45) is 5.73 Å². The third-order valence-corrected chi connectivity index (χ3v) is 8.09. The number of primary amides is 1. The van der Waals surface area contributed by atoms with Crippen LogP contribution in [0.3, 0.4) is 0 Å². The number of ether oxygens (including phenoxy) is 1. The molecule has 1 aromatic heterocycles. The number of aliphatic hydroxyl groups is 1. The number of aliphatic hydroxyl groups excluding tert-OH is 1. The van der Waals surface area contributed by atoms with Crippen LogP contribution in [0.1, 0.15) is 61.6 Å². The van der Waals surface area contributed by atoms with Gasteiger partial charge in [-0.3, -0.25) is 9.69 Å². The zero-order valence-electron chi connectivity index (χ0n) is 22.4. The van der Waals surface area contributed by atoms with Crippen LogP contribution in [0.2, 0.25) is 0 Å². The minimum Gasteiger partial charge on any atom is -0.393 e. The standard InChI is InChI=1S/C28H41N7O3/c1-2-24-27(30-20-5-9-23(36)10-6-20)33-28(25(32-24)26(29)37)31-19-3-7-21(8-4-19)34-13-15-35(16-14-34)22-11-17-38-18-12-22/h3-4,7-8,20,22-23,36H,2,5-6,9-18H2,1H3,(H2,29,37)(H2,30,31,33)/t20-,23-. The molecule has 0 unspecified atom stereocenters. The van der Waals surface area contributed by atoms with Crippen LogP contribution in [0, 0.1) is 0 Å². The van der Waals surface area contributed by atoms with Gasteiger partial charge in [0.15, 0.2) is 11.5 Å². The number of nitrogens with two attached hydrogens (primary N) is 1. The van der Waals surface area contributed by atoms with E-state index in [9.17, 15) is 9.90 Å². The van der Waals surface area contributed by atoms with Gasteiger partial charge in [-0.2, -0.15) is 0 Å². The van der Waals surface area contributed by atoms with Crippen molar-refractivity contribution in [2.45, 2.75) is 70.1 Å². The first-order valence-electron chi connectivity index (χ1n) is 14.1. The Balaban J connectivity index is 1.26. The number of hydrogen-bond donors (Lipinski definition) is 4. The molecule has 0 radical (unpaired) electrons. The number of nitrogens with zero attached hydrogens (tertiary/aromatic N) is 4. The molecule has 10 nitrogen and oxygen atoms in total. The second kappa shape index (κ2) is 12.3. The van der Waals surface area contributed by atoms with Crippen LogP contribution in [0.5, 0.6) is 0 Å². The predicted molar refractivity (Wildman–Crippen MR) is 149 cm³/mol. The van der Waals surface area contributed by atoms with E-state index in [4.69, 9.17) is 15.5 Å². The van der Waals surface area contributed by atoms with E-state index in [0.717, 1.165) is 83.6 Å². The number of aromatic nitrogens is 2. The number of amides is 1. The number of nitrogens with one attached hydrogen (secondary N) is 2. The molecule has 3 heterocycles. The van der Waals surface area contributed by atoms with Crippen LogP contribution in [0.15, 0.2) is 24.3 Å². The Morgan fingerprint density at radius 3 is 2.32 bits per heavy atom. The van der Waals surface area contributed by atoms with Crippen molar-refractivity contribution in [3.8, 4) is 0 Å². The van der Waals surface area contributed by atoms with Crippen molar-refractivity contribution in [2.75, 3.05) is 54.9 Å². The van der Waals surface area contributed by atoms with E-state index in [1.807, 2.05) is 19.1 Å². The molecule has 1 aromatic carbocycles. The van der Waals surface area contributed by atoms with Gasteiger partial charge in [0.05, 0.1) is 11.8 Å². The SMILES string of the molecule is CCc1nc(C(N)=O)c(Nc2ccc(N3CCN(C4CCOCC4)CC3)cc2)nc1N[C@H]1CC[C@H](O)CC1. The molecule has 3 fully saturated rings. The van der Waals surface area contributed by atoms with Crippen LogP contribution in [-0.4, -0.2) is 83.5 Å². The third-order valence-electron chi connectivity index (χ3n) is 8.09. The summed E-state index contributed by atoms with van der Waals surface area (Å²) in [6, 6.07) is 9.11.